The first-order chi connectivity index (χ1) is 10.6. The van der Waals surface area contributed by atoms with Gasteiger partial charge in [-0.25, -0.2) is 0 Å². The molecule has 6 heteroatoms. The topological polar surface area (TPSA) is 54.1 Å². The summed E-state index contributed by atoms with van der Waals surface area (Å²) < 4.78 is 6.83. The first kappa shape index (κ1) is 16.1. The second kappa shape index (κ2) is 6.81. The maximum atomic E-state index is 12.3. The number of aryl methyl sites for hydroxylation is 1. The van der Waals surface area contributed by atoms with Gasteiger partial charge in [0.05, 0.1) is 12.0 Å². The quantitative estimate of drug-likeness (QED) is 0.826. The van der Waals surface area contributed by atoms with Gasteiger partial charge in [-0.05, 0) is 44.8 Å². The lowest BCUT2D eigenvalue weighted by Gasteiger charge is -2.43. The zero-order valence-electron chi connectivity index (χ0n) is 13.1. The summed E-state index contributed by atoms with van der Waals surface area (Å²) in [4.78, 5) is 16.5. The van der Waals surface area contributed by atoms with Gasteiger partial charge < -0.3 is 15.0 Å². The minimum Gasteiger partial charge on any atom is -0.375 e. The summed E-state index contributed by atoms with van der Waals surface area (Å²) in [5, 5.41) is 3.22. The van der Waals surface area contributed by atoms with Crippen LogP contribution in [0.15, 0.2) is 0 Å². The first-order valence-electron chi connectivity index (χ1n) is 8.18. The summed E-state index contributed by atoms with van der Waals surface area (Å²) in [7, 11) is 0. The van der Waals surface area contributed by atoms with E-state index in [0.29, 0.717) is 6.42 Å². The predicted octanol–water partition coefficient (Wildman–Crippen LogP) is 3.65. The molecule has 2 fully saturated rings. The molecule has 2 N–H and O–H groups in total. The van der Waals surface area contributed by atoms with Gasteiger partial charge in [-0.15, -0.1) is 11.3 Å². The molecule has 0 aromatic carbocycles. The van der Waals surface area contributed by atoms with Crippen molar-refractivity contribution in [1.82, 2.24) is 10.3 Å². The summed E-state index contributed by atoms with van der Waals surface area (Å²) in [5.41, 5.74) is 1.05. The monoisotopic (exact) mass is 340 g/mol. The molecule has 1 aliphatic carbocycles. The van der Waals surface area contributed by atoms with E-state index >= 15 is 0 Å². The summed E-state index contributed by atoms with van der Waals surface area (Å²) >= 11 is 6.63. The van der Waals surface area contributed by atoms with Gasteiger partial charge >= 0.3 is 0 Å². The Kier molecular flexibility index (Phi) is 5.00. The predicted molar refractivity (Wildman–Crippen MR) is 90.9 cm³/mol. The molecule has 1 spiro atoms. The van der Waals surface area contributed by atoms with Crippen molar-refractivity contribution < 1.29 is 9.53 Å². The Hall–Kier alpha value is -0.720. The van der Waals surface area contributed by atoms with Crippen LogP contribution in [0.2, 0.25) is 0 Å². The fourth-order valence-corrected chi connectivity index (χ4v) is 5.02. The highest BCUT2D eigenvalue weighted by Crippen LogP contribution is 2.38. The summed E-state index contributed by atoms with van der Waals surface area (Å²) in [6.07, 6.45) is 8.46. The van der Waals surface area contributed by atoms with E-state index in [-0.39, 0.29) is 17.6 Å². The molecule has 2 aliphatic rings. The fraction of sp³-hybridized carbons (Fsp3) is 0.750. The Morgan fingerprint density at radius 2 is 2.23 bits per heavy atom. The van der Waals surface area contributed by atoms with E-state index in [0.717, 1.165) is 46.8 Å². The smallest absolute Gasteiger partial charge is 0.225 e. The van der Waals surface area contributed by atoms with Crippen molar-refractivity contribution >= 4 is 29.5 Å². The van der Waals surface area contributed by atoms with Gasteiger partial charge in [0, 0.05) is 23.2 Å². The lowest BCUT2D eigenvalue weighted by Crippen LogP contribution is -2.49. The normalized spacial score (nSPS) is 24.3. The van der Waals surface area contributed by atoms with Crippen molar-refractivity contribution in [2.75, 3.05) is 6.61 Å². The number of rotatable bonds is 3. The van der Waals surface area contributed by atoms with E-state index in [1.165, 1.54) is 30.6 Å². The Morgan fingerprint density at radius 1 is 1.45 bits per heavy atom. The highest BCUT2D eigenvalue weighted by molar-refractivity contribution is 7.73. The molecule has 1 amide bonds. The molecule has 4 nitrogen and oxygen atoms in total. The van der Waals surface area contributed by atoms with Crippen LogP contribution in [0.4, 0.5) is 0 Å². The van der Waals surface area contributed by atoms with Crippen molar-refractivity contribution in [3.05, 3.63) is 14.5 Å². The molecule has 122 valence electrons. The number of carbonyl (C=O) groups is 1. The van der Waals surface area contributed by atoms with Gasteiger partial charge in [-0.1, -0.05) is 19.3 Å². The Labute approximate surface area is 140 Å². The molecule has 0 unspecified atom stereocenters. The molecular formula is C16H24N2O2S2. The van der Waals surface area contributed by atoms with Gasteiger partial charge in [0.1, 0.15) is 0 Å². The van der Waals surface area contributed by atoms with Gasteiger partial charge in [-0.3, -0.25) is 4.79 Å². The maximum absolute atomic E-state index is 12.3. The van der Waals surface area contributed by atoms with Crippen LogP contribution in [0.1, 0.15) is 55.5 Å². The minimum atomic E-state index is 0.0366. The van der Waals surface area contributed by atoms with Crippen molar-refractivity contribution in [1.29, 1.82) is 0 Å². The average molecular weight is 341 g/mol. The molecule has 1 aliphatic heterocycles. The zero-order valence-corrected chi connectivity index (χ0v) is 14.7. The van der Waals surface area contributed by atoms with Crippen LogP contribution in [0.5, 0.6) is 0 Å². The number of ether oxygens (including phenoxy) is 1. The van der Waals surface area contributed by atoms with Crippen LogP contribution in [0.25, 0.3) is 0 Å². The Bertz CT molecular complexity index is 582. The number of aromatic amines is 1. The molecule has 1 saturated carbocycles. The molecule has 0 bridgehead atoms. The van der Waals surface area contributed by atoms with Gasteiger partial charge in [-0.2, -0.15) is 0 Å². The zero-order chi connectivity index (χ0) is 15.6. The van der Waals surface area contributed by atoms with Crippen molar-refractivity contribution in [3.63, 3.8) is 0 Å². The SMILES string of the molecule is Cc1[nH]c(=S)sc1CC(=O)N[C@@H]1CCOC2(CCCCC2)C1. The number of nitrogens with one attached hydrogen (secondary N) is 2. The van der Waals surface area contributed by atoms with E-state index in [1.807, 2.05) is 6.92 Å². The number of hydrogen-bond acceptors (Lipinski definition) is 4. The average Bonchev–Trinajstić information content (AvgIpc) is 2.77. The second-order valence-electron chi connectivity index (χ2n) is 6.59. The van der Waals surface area contributed by atoms with Crippen LogP contribution in [0, 0.1) is 10.9 Å². The van der Waals surface area contributed by atoms with Crippen LogP contribution in [-0.2, 0) is 16.0 Å². The highest BCUT2D eigenvalue weighted by Gasteiger charge is 2.38. The number of aromatic nitrogens is 1. The largest absolute Gasteiger partial charge is 0.375 e. The number of thiazole rings is 1. The van der Waals surface area contributed by atoms with Gasteiger partial charge in [0.15, 0.2) is 3.95 Å². The lowest BCUT2D eigenvalue weighted by atomic mass is 9.78. The highest BCUT2D eigenvalue weighted by atomic mass is 32.1. The number of carbonyl (C=O) groups excluding carboxylic acids is 1. The van der Waals surface area contributed by atoms with E-state index in [9.17, 15) is 4.79 Å². The number of hydrogen-bond donors (Lipinski definition) is 2. The molecular weight excluding hydrogens is 316 g/mol. The standard InChI is InChI=1S/C16H24N2O2S2/c1-11-13(22-15(21)17-11)9-14(19)18-12-5-8-20-16(10-12)6-3-2-4-7-16/h12H,2-10H2,1H3,(H,17,21)(H,18,19)/t12-/m1/s1. The third-order valence-corrected chi connectivity index (χ3v) is 6.20. The molecule has 1 atom stereocenters. The Balaban J connectivity index is 1.57. The molecule has 22 heavy (non-hydrogen) atoms. The summed E-state index contributed by atoms with van der Waals surface area (Å²) in [6, 6.07) is 0.256. The van der Waals surface area contributed by atoms with Gasteiger partial charge in [0.2, 0.25) is 5.91 Å². The molecule has 3 rings (SSSR count). The Morgan fingerprint density at radius 3 is 2.91 bits per heavy atom. The summed E-state index contributed by atoms with van der Waals surface area (Å²) in [6.45, 7) is 2.74. The second-order valence-corrected chi connectivity index (χ2v) is 8.36. The first-order valence-corrected chi connectivity index (χ1v) is 9.41. The molecule has 0 radical (unpaired) electrons. The van der Waals surface area contributed by atoms with Crippen LogP contribution >= 0.6 is 23.6 Å². The van der Waals surface area contributed by atoms with Crippen molar-refractivity contribution in [2.45, 2.75) is 69.9 Å². The fourth-order valence-electron chi connectivity index (χ4n) is 3.73. The van der Waals surface area contributed by atoms with E-state index in [4.69, 9.17) is 17.0 Å². The van der Waals surface area contributed by atoms with E-state index < -0.39 is 0 Å². The third kappa shape index (κ3) is 3.78. The van der Waals surface area contributed by atoms with Crippen LogP contribution in [0.3, 0.4) is 0 Å². The van der Waals surface area contributed by atoms with E-state index in [1.54, 1.807) is 0 Å². The summed E-state index contributed by atoms with van der Waals surface area (Å²) in [5.74, 6) is 0.103. The molecule has 1 aromatic rings. The molecule has 1 saturated heterocycles. The molecule has 2 heterocycles. The van der Waals surface area contributed by atoms with Crippen molar-refractivity contribution in [2.24, 2.45) is 0 Å². The third-order valence-electron chi connectivity index (χ3n) is 4.87. The van der Waals surface area contributed by atoms with E-state index in [2.05, 4.69) is 10.3 Å². The van der Waals surface area contributed by atoms with Crippen LogP contribution < -0.4 is 5.32 Å². The maximum Gasteiger partial charge on any atom is 0.225 e. The van der Waals surface area contributed by atoms with Crippen LogP contribution in [-0.4, -0.2) is 29.1 Å². The number of amides is 1. The minimum absolute atomic E-state index is 0.0366. The molecule has 1 aromatic heterocycles. The van der Waals surface area contributed by atoms with Crippen molar-refractivity contribution in [3.8, 4) is 0 Å². The van der Waals surface area contributed by atoms with Gasteiger partial charge in [0.25, 0.3) is 0 Å². The number of H-pyrrole nitrogens is 1. The lowest BCUT2D eigenvalue weighted by molar-refractivity contribution is -0.128.